The van der Waals surface area contributed by atoms with Gasteiger partial charge in [0.05, 0.1) is 12.2 Å². The number of carbonyl (C=O) groups excluding carboxylic acids is 1. The molecule has 5 nitrogen and oxygen atoms in total. The largest absolute Gasteiger partial charge is 0.338 e. The number of amides is 1. The van der Waals surface area contributed by atoms with Gasteiger partial charge >= 0.3 is 0 Å². The van der Waals surface area contributed by atoms with Crippen molar-refractivity contribution in [3.63, 3.8) is 0 Å². The summed E-state index contributed by atoms with van der Waals surface area (Å²) in [5.41, 5.74) is 6.25. The lowest BCUT2D eigenvalue weighted by Gasteiger charge is -2.25. The third-order valence-corrected chi connectivity index (χ3v) is 4.56. The van der Waals surface area contributed by atoms with Gasteiger partial charge in [-0.25, -0.2) is 14.2 Å². The van der Waals surface area contributed by atoms with Crippen LogP contribution in [0.2, 0.25) is 0 Å². The minimum absolute atomic E-state index is 0.109. The summed E-state index contributed by atoms with van der Waals surface area (Å²) in [6.45, 7) is 2.36. The zero-order valence-corrected chi connectivity index (χ0v) is 12.9. The van der Waals surface area contributed by atoms with Crippen molar-refractivity contribution in [2.24, 2.45) is 11.8 Å². The van der Waals surface area contributed by atoms with E-state index >= 15 is 0 Å². The molecule has 0 aromatic heterocycles. The maximum Gasteiger partial charge on any atom is 0.248 e. The maximum absolute atomic E-state index is 13.2. The highest BCUT2D eigenvalue weighted by Crippen LogP contribution is 2.35. The lowest BCUT2D eigenvalue weighted by molar-refractivity contribution is -0.125. The summed E-state index contributed by atoms with van der Waals surface area (Å²) in [6, 6.07) is -0.199. The Bertz CT molecular complexity index is 370. The van der Waals surface area contributed by atoms with Crippen molar-refractivity contribution >= 4 is 5.91 Å². The topological polar surface area (TPSA) is 65.2 Å². The normalized spacial score (nSPS) is 29.2. The van der Waals surface area contributed by atoms with Crippen molar-refractivity contribution in [2.75, 3.05) is 7.05 Å². The van der Waals surface area contributed by atoms with Gasteiger partial charge in [-0.15, -0.1) is 0 Å². The molecule has 2 fully saturated rings. The Kier molecular flexibility index (Phi) is 5.16. The van der Waals surface area contributed by atoms with Crippen molar-refractivity contribution in [1.29, 1.82) is 0 Å². The fraction of sp³-hybridized carbons (Fsp3) is 0.929. The molecule has 1 amide bonds. The number of nitrogens with one attached hydrogen (secondary N) is 4. The summed E-state index contributed by atoms with van der Waals surface area (Å²) < 4.78 is 26.5. The van der Waals surface area contributed by atoms with E-state index in [4.69, 9.17) is 0 Å². The summed E-state index contributed by atoms with van der Waals surface area (Å²) in [6.07, 6.45) is 3.30. The first-order valence-corrected chi connectivity index (χ1v) is 7.67. The standard InChI is InChI=1S/C14H26F2N4O/c1-8(14(2,15)16)6-11(17-3)13(21)18-12-7-10(19-20-12)9-4-5-9/h8-12,17,19-20H,4-7H2,1-3H3,(H,18,21). The van der Waals surface area contributed by atoms with Crippen LogP contribution in [0.5, 0.6) is 0 Å². The van der Waals surface area contributed by atoms with Gasteiger partial charge < -0.3 is 10.6 Å². The zero-order chi connectivity index (χ0) is 15.6. The van der Waals surface area contributed by atoms with Crippen LogP contribution in [0, 0.1) is 11.8 Å². The second-order valence-electron chi connectivity index (χ2n) is 6.46. The van der Waals surface area contributed by atoms with Gasteiger partial charge in [0.1, 0.15) is 0 Å². The average Bonchev–Trinajstić information content (AvgIpc) is 3.15. The summed E-state index contributed by atoms with van der Waals surface area (Å²) in [5, 5.41) is 5.71. The first-order chi connectivity index (χ1) is 9.81. The molecule has 21 heavy (non-hydrogen) atoms. The fourth-order valence-electron chi connectivity index (χ4n) is 2.67. The highest BCUT2D eigenvalue weighted by molar-refractivity contribution is 5.82. The first kappa shape index (κ1) is 16.6. The molecule has 4 atom stereocenters. The molecule has 1 saturated carbocycles. The molecular weight excluding hydrogens is 278 g/mol. The molecule has 122 valence electrons. The van der Waals surface area contributed by atoms with E-state index in [1.54, 1.807) is 7.05 Å². The van der Waals surface area contributed by atoms with Gasteiger partial charge in [-0.05, 0) is 45.6 Å². The molecule has 4 unspecified atom stereocenters. The SMILES string of the molecule is CNC(CC(C)C(C)(F)F)C(=O)NC1CC(C2CC2)NN1. The van der Waals surface area contributed by atoms with E-state index in [2.05, 4.69) is 21.5 Å². The Morgan fingerprint density at radius 1 is 1.38 bits per heavy atom. The minimum atomic E-state index is -2.78. The maximum atomic E-state index is 13.2. The monoisotopic (exact) mass is 304 g/mol. The molecule has 1 heterocycles. The Morgan fingerprint density at radius 2 is 2.05 bits per heavy atom. The molecule has 0 bridgehead atoms. The smallest absolute Gasteiger partial charge is 0.248 e. The summed E-state index contributed by atoms with van der Waals surface area (Å²) in [7, 11) is 1.62. The van der Waals surface area contributed by atoms with Crippen LogP contribution in [-0.4, -0.2) is 37.1 Å². The number of alkyl halides is 2. The molecular formula is C14H26F2N4O. The van der Waals surface area contributed by atoms with E-state index in [9.17, 15) is 13.6 Å². The van der Waals surface area contributed by atoms with Crippen molar-refractivity contribution in [3.8, 4) is 0 Å². The third kappa shape index (κ3) is 4.59. The van der Waals surface area contributed by atoms with Gasteiger partial charge in [-0.2, -0.15) is 0 Å². The molecule has 7 heteroatoms. The summed E-state index contributed by atoms with van der Waals surface area (Å²) >= 11 is 0. The van der Waals surface area contributed by atoms with E-state index in [0.29, 0.717) is 12.0 Å². The first-order valence-electron chi connectivity index (χ1n) is 7.67. The zero-order valence-electron chi connectivity index (χ0n) is 12.9. The molecule has 2 aliphatic rings. The molecule has 0 aromatic rings. The molecule has 1 saturated heterocycles. The number of halogens is 2. The quantitative estimate of drug-likeness (QED) is 0.566. The number of rotatable bonds is 7. The molecule has 0 aromatic carbocycles. The minimum Gasteiger partial charge on any atom is -0.338 e. The highest BCUT2D eigenvalue weighted by Gasteiger charge is 2.38. The predicted molar refractivity (Wildman–Crippen MR) is 76.6 cm³/mol. The van der Waals surface area contributed by atoms with Crippen molar-refractivity contribution in [3.05, 3.63) is 0 Å². The van der Waals surface area contributed by atoms with Gasteiger partial charge in [0.15, 0.2) is 0 Å². The van der Waals surface area contributed by atoms with E-state index in [0.717, 1.165) is 13.3 Å². The molecule has 0 spiro atoms. The number of hydrogen-bond acceptors (Lipinski definition) is 4. The van der Waals surface area contributed by atoms with Crippen LogP contribution in [0.4, 0.5) is 8.78 Å². The number of likely N-dealkylation sites (N-methyl/N-ethyl adjacent to an activating group) is 1. The molecule has 2 rings (SSSR count). The summed E-state index contributed by atoms with van der Waals surface area (Å²) in [5.74, 6) is -3.16. The molecule has 1 aliphatic carbocycles. The van der Waals surface area contributed by atoms with Crippen LogP contribution < -0.4 is 21.5 Å². The van der Waals surface area contributed by atoms with Crippen molar-refractivity contribution in [1.82, 2.24) is 21.5 Å². The lowest BCUT2D eigenvalue weighted by atomic mass is 9.95. The highest BCUT2D eigenvalue weighted by atomic mass is 19.3. The van der Waals surface area contributed by atoms with E-state index < -0.39 is 17.9 Å². The Hall–Kier alpha value is -0.790. The van der Waals surface area contributed by atoms with Crippen LogP contribution in [0.3, 0.4) is 0 Å². The molecule has 1 aliphatic heterocycles. The lowest BCUT2D eigenvalue weighted by Crippen LogP contribution is -2.52. The van der Waals surface area contributed by atoms with E-state index in [1.807, 2.05) is 0 Å². The third-order valence-electron chi connectivity index (χ3n) is 4.56. The number of carbonyl (C=O) groups is 1. The van der Waals surface area contributed by atoms with Gasteiger partial charge in [0, 0.05) is 12.0 Å². The van der Waals surface area contributed by atoms with Gasteiger partial charge in [0.2, 0.25) is 11.8 Å². The Balaban J connectivity index is 1.80. The van der Waals surface area contributed by atoms with Crippen LogP contribution in [0.1, 0.15) is 39.5 Å². The molecule has 4 N–H and O–H groups in total. The van der Waals surface area contributed by atoms with Crippen LogP contribution in [-0.2, 0) is 4.79 Å². The number of hydrazine groups is 1. The Morgan fingerprint density at radius 3 is 2.57 bits per heavy atom. The van der Waals surface area contributed by atoms with Crippen molar-refractivity contribution < 1.29 is 13.6 Å². The van der Waals surface area contributed by atoms with Gasteiger partial charge in [-0.3, -0.25) is 10.2 Å². The van der Waals surface area contributed by atoms with Gasteiger partial charge in [-0.1, -0.05) is 6.92 Å². The van der Waals surface area contributed by atoms with Gasteiger partial charge in [0.25, 0.3) is 0 Å². The molecule has 0 radical (unpaired) electrons. The number of hydrogen-bond donors (Lipinski definition) is 4. The predicted octanol–water partition coefficient (Wildman–Crippen LogP) is 0.975. The average molecular weight is 304 g/mol. The fourth-order valence-corrected chi connectivity index (χ4v) is 2.67. The van der Waals surface area contributed by atoms with E-state index in [1.165, 1.54) is 19.8 Å². The summed E-state index contributed by atoms with van der Waals surface area (Å²) in [4.78, 5) is 12.2. The van der Waals surface area contributed by atoms with Crippen molar-refractivity contribution in [2.45, 2.75) is 63.7 Å². The van der Waals surface area contributed by atoms with E-state index in [-0.39, 0.29) is 18.5 Å². The van der Waals surface area contributed by atoms with Crippen LogP contribution in [0.15, 0.2) is 0 Å². The second-order valence-corrected chi connectivity index (χ2v) is 6.46. The Labute approximate surface area is 124 Å². The van der Waals surface area contributed by atoms with Crippen LogP contribution in [0.25, 0.3) is 0 Å². The van der Waals surface area contributed by atoms with Crippen LogP contribution >= 0.6 is 0 Å². The second kappa shape index (κ2) is 6.54.